The molecule has 28 heavy (non-hydrogen) atoms. The first kappa shape index (κ1) is 21.4. The van der Waals surface area contributed by atoms with Gasteiger partial charge >= 0.3 is 5.97 Å². The zero-order valence-corrected chi connectivity index (χ0v) is 16.9. The minimum atomic E-state index is -4.01. The van der Waals surface area contributed by atoms with Crippen molar-refractivity contribution in [2.24, 2.45) is 0 Å². The van der Waals surface area contributed by atoms with Crippen LogP contribution in [-0.4, -0.2) is 33.9 Å². The summed E-state index contributed by atoms with van der Waals surface area (Å²) in [5, 5.41) is 2.77. The summed E-state index contributed by atoms with van der Waals surface area (Å²) in [6.45, 7) is 4.21. The highest BCUT2D eigenvalue weighted by molar-refractivity contribution is 7.92. The molecule has 0 aromatic heterocycles. The number of methoxy groups -OCH3 is 1. The van der Waals surface area contributed by atoms with Crippen LogP contribution in [0.15, 0.2) is 47.4 Å². The summed E-state index contributed by atoms with van der Waals surface area (Å²) in [7, 11) is -2.78. The van der Waals surface area contributed by atoms with Gasteiger partial charge in [0, 0.05) is 6.54 Å². The lowest BCUT2D eigenvalue weighted by Gasteiger charge is -2.14. The van der Waals surface area contributed by atoms with E-state index in [-0.39, 0.29) is 27.6 Å². The maximum atomic E-state index is 12.8. The Labute approximate surface area is 165 Å². The van der Waals surface area contributed by atoms with E-state index in [0.29, 0.717) is 12.1 Å². The number of aryl methyl sites for hydroxylation is 1. The van der Waals surface area contributed by atoms with Crippen LogP contribution in [0, 0.1) is 6.92 Å². The number of ether oxygens (including phenoxy) is 1. The Balaban J connectivity index is 2.33. The molecular weight excluding hydrogens is 380 g/mol. The summed E-state index contributed by atoms with van der Waals surface area (Å²) < 4.78 is 32.8. The van der Waals surface area contributed by atoms with Gasteiger partial charge in [0.1, 0.15) is 0 Å². The van der Waals surface area contributed by atoms with Gasteiger partial charge in [-0.25, -0.2) is 13.2 Å². The lowest BCUT2D eigenvalue weighted by atomic mass is 10.1. The Kier molecular flexibility index (Phi) is 7.17. The average Bonchev–Trinajstić information content (AvgIpc) is 2.67. The zero-order chi connectivity index (χ0) is 20.7. The summed E-state index contributed by atoms with van der Waals surface area (Å²) in [6, 6.07) is 10.5. The van der Waals surface area contributed by atoms with Crippen molar-refractivity contribution in [1.82, 2.24) is 5.32 Å². The molecule has 0 aliphatic carbocycles. The first-order valence-corrected chi connectivity index (χ1v) is 10.4. The van der Waals surface area contributed by atoms with Crippen LogP contribution in [0.3, 0.4) is 0 Å². The molecule has 0 saturated carbocycles. The minimum Gasteiger partial charge on any atom is -0.465 e. The van der Waals surface area contributed by atoms with Crippen LogP contribution in [0.1, 0.15) is 46.0 Å². The summed E-state index contributed by atoms with van der Waals surface area (Å²) in [6.07, 6.45) is 1.77. The van der Waals surface area contributed by atoms with Crippen LogP contribution >= 0.6 is 0 Å². The highest BCUT2D eigenvalue weighted by Crippen LogP contribution is 2.22. The fourth-order valence-corrected chi connectivity index (χ4v) is 3.65. The molecule has 0 saturated heterocycles. The predicted octanol–water partition coefficient (Wildman–Crippen LogP) is 3.11. The van der Waals surface area contributed by atoms with E-state index in [1.807, 2.05) is 6.92 Å². The molecule has 2 aromatic carbocycles. The standard InChI is InChI=1S/C20H24N2O5S/c1-4-5-12-21-19(23)16-8-6-7-9-18(16)22-28(25,26)15-11-10-14(2)17(13-15)20(24)27-3/h6-11,13,22H,4-5,12H2,1-3H3,(H,21,23). The second kappa shape index (κ2) is 9.36. The first-order chi connectivity index (χ1) is 13.3. The quantitative estimate of drug-likeness (QED) is 0.520. The third-order valence-electron chi connectivity index (χ3n) is 4.16. The van der Waals surface area contributed by atoms with Gasteiger partial charge in [-0.2, -0.15) is 0 Å². The molecule has 2 aromatic rings. The Morgan fingerprint density at radius 3 is 2.46 bits per heavy atom. The fourth-order valence-electron chi connectivity index (χ4n) is 2.55. The molecule has 1 amide bonds. The Morgan fingerprint density at radius 2 is 1.79 bits per heavy atom. The van der Waals surface area contributed by atoms with Gasteiger partial charge in [-0.1, -0.05) is 31.5 Å². The van der Waals surface area contributed by atoms with E-state index >= 15 is 0 Å². The zero-order valence-electron chi connectivity index (χ0n) is 16.1. The average molecular weight is 404 g/mol. The van der Waals surface area contributed by atoms with E-state index in [2.05, 4.69) is 10.0 Å². The molecule has 0 heterocycles. The number of para-hydroxylation sites is 1. The number of unbranched alkanes of at least 4 members (excludes halogenated alkanes) is 1. The van der Waals surface area contributed by atoms with Crippen molar-refractivity contribution in [2.45, 2.75) is 31.6 Å². The SMILES string of the molecule is CCCCNC(=O)c1ccccc1NS(=O)(=O)c1ccc(C)c(C(=O)OC)c1. The van der Waals surface area contributed by atoms with Crippen LogP contribution in [0.2, 0.25) is 0 Å². The smallest absolute Gasteiger partial charge is 0.338 e. The number of esters is 1. The van der Waals surface area contributed by atoms with Crippen LogP contribution in [-0.2, 0) is 14.8 Å². The number of hydrogen-bond acceptors (Lipinski definition) is 5. The van der Waals surface area contributed by atoms with E-state index in [0.717, 1.165) is 12.8 Å². The lowest BCUT2D eigenvalue weighted by molar-refractivity contribution is 0.0599. The number of sulfonamides is 1. The number of benzene rings is 2. The normalized spacial score (nSPS) is 11.0. The molecule has 0 aliphatic rings. The second-order valence-corrected chi connectivity index (χ2v) is 7.91. The Bertz CT molecular complexity index is 970. The molecule has 150 valence electrons. The number of rotatable bonds is 8. The monoisotopic (exact) mass is 404 g/mol. The number of amides is 1. The van der Waals surface area contributed by atoms with Gasteiger partial charge in [-0.15, -0.1) is 0 Å². The van der Waals surface area contributed by atoms with Gasteiger partial charge < -0.3 is 10.1 Å². The first-order valence-electron chi connectivity index (χ1n) is 8.89. The van der Waals surface area contributed by atoms with E-state index in [1.165, 1.54) is 31.4 Å². The molecule has 0 atom stereocenters. The number of nitrogens with one attached hydrogen (secondary N) is 2. The van der Waals surface area contributed by atoms with Gasteiger partial charge in [-0.05, 0) is 43.2 Å². The van der Waals surface area contributed by atoms with E-state index in [9.17, 15) is 18.0 Å². The molecule has 0 radical (unpaired) electrons. The molecule has 0 aliphatic heterocycles. The number of hydrogen-bond donors (Lipinski definition) is 2. The number of carbonyl (C=O) groups is 2. The maximum Gasteiger partial charge on any atom is 0.338 e. The Morgan fingerprint density at radius 1 is 1.07 bits per heavy atom. The molecular formula is C20H24N2O5S. The third-order valence-corrected chi connectivity index (χ3v) is 5.52. The minimum absolute atomic E-state index is 0.0975. The lowest BCUT2D eigenvalue weighted by Crippen LogP contribution is -2.26. The summed E-state index contributed by atoms with van der Waals surface area (Å²) >= 11 is 0. The van der Waals surface area contributed by atoms with Crippen molar-refractivity contribution in [3.8, 4) is 0 Å². The van der Waals surface area contributed by atoms with E-state index in [1.54, 1.807) is 25.1 Å². The van der Waals surface area contributed by atoms with Crippen LogP contribution in [0.25, 0.3) is 0 Å². The molecule has 0 fully saturated rings. The topological polar surface area (TPSA) is 102 Å². The molecule has 7 nitrogen and oxygen atoms in total. The fraction of sp³-hybridized carbons (Fsp3) is 0.300. The number of anilines is 1. The van der Waals surface area contributed by atoms with Gasteiger partial charge in [0.15, 0.2) is 0 Å². The highest BCUT2D eigenvalue weighted by atomic mass is 32.2. The molecule has 0 spiro atoms. The second-order valence-electron chi connectivity index (χ2n) is 6.23. The van der Waals surface area contributed by atoms with Crippen molar-refractivity contribution >= 4 is 27.6 Å². The molecule has 0 unspecified atom stereocenters. The van der Waals surface area contributed by atoms with Gasteiger partial charge in [0.2, 0.25) is 0 Å². The van der Waals surface area contributed by atoms with Crippen molar-refractivity contribution < 1.29 is 22.7 Å². The molecule has 2 N–H and O–H groups in total. The number of carbonyl (C=O) groups excluding carboxylic acids is 2. The van der Waals surface area contributed by atoms with E-state index in [4.69, 9.17) is 4.74 Å². The van der Waals surface area contributed by atoms with Gasteiger partial charge in [0.05, 0.1) is 28.8 Å². The molecule has 8 heteroatoms. The third kappa shape index (κ3) is 5.10. The molecule has 2 rings (SSSR count). The van der Waals surface area contributed by atoms with Crippen molar-refractivity contribution in [2.75, 3.05) is 18.4 Å². The van der Waals surface area contributed by atoms with Crippen LogP contribution in [0.4, 0.5) is 5.69 Å². The largest absolute Gasteiger partial charge is 0.465 e. The van der Waals surface area contributed by atoms with Crippen LogP contribution < -0.4 is 10.0 Å². The van der Waals surface area contributed by atoms with Gasteiger partial charge in [0.25, 0.3) is 15.9 Å². The Hall–Kier alpha value is -2.87. The summed E-state index contributed by atoms with van der Waals surface area (Å²) in [4.78, 5) is 24.1. The van der Waals surface area contributed by atoms with Crippen molar-refractivity contribution in [3.63, 3.8) is 0 Å². The summed E-state index contributed by atoms with van der Waals surface area (Å²) in [5.74, 6) is -0.976. The van der Waals surface area contributed by atoms with Crippen LogP contribution in [0.5, 0.6) is 0 Å². The summed E-state index contributed by atoms with van der Waals surface area (Å²) in [5.41, 5.74) is 1.15. The van der Waals surface area contributed by atoms with Crippen molar-refractivity contribution in [1.29, 1.82) is 0 Å². The highest BCUT2D eigenvalue weighted by Gasteiger charge is 2.21. The maximum absolute atomic E-state index is 12.8. The predicted molar refractivity (Wildman–Crippen MR) is 107 cm³/mol. The van der Waals surface area contributed by atoms with Crippen molar-refractivity contribution in [3.05, 3.63) is 59.2 Å². The molecule has 0 bridgehead atoms. The van der Waals surface area contributed by atoms with E-state index < -0.39 is 16.0 Å². The van der Waals surface area contributed by atoms with Gasteiger partial charge in [-0.3, -0.25) is 9.52 Å².